The SMILES string of the molecule is CCC[PH](C)(CC)[C@@H](C)CC. The van der Waals surface area contributed by atoms with Crippen LogP contribution in [0.4, 0.5) is 0 Å². The number of hydrogen-bond acceptors (Lipinski definition) is 0. The molecule has 0 heterocycles. The average Bonchev–Trinajstić information content (AvgIpc) is 2.03. The Morgan fingerprint density at radius 1 is 1.18 bits per heavy atom. The Morgan fingerprint density at radius 3 is 2.00 bits per heavy atom. The molecule has 0 aromatic heterocycles. The molecule has 0 spiro atoms. The Balaban J connectivity index is 4.07. The standard InChI is InChI=1S/C10H25P/c1-6-9-11(5,8-3)10(4)7-2/h10-11H,6-9H2,1-5H3/t10-/m0/s1. The maximum absolute atomic E-state index is 2.57. The fraction of sp³-hybridized carbons (Fsp3) is 1.00. The summed E-state index contributed by atoms with van der Waals surface area (Å²) in [6.45, 7) is 12.1. The minimum atomic E-state index is -0.827. The van der Waals surface area contributed by atoms with Crippen LogP contribution in [0.15, 0.2) is 0 Å². The molecule has 0 amide bonds. The van der Waals surface area contributed by atoms with Gasteiger partial charge in [-0.15, -0.1) is 0 Å². The van der Waals surface area contributed by atoms with Crippen LogP contribution < -0.4 is 0 Å². The van der Waals surface area contributed by atoms with Gasteiger partial charge in [-0.3, -0.25) is 0 Å². The van der Waals surface area contributed by atoms with Gasteiger partial charge >= 0.3 is 72.4 Å². The molecule has 0 rings (SSSR count). The molecule has 0 aliphatic heterocycles. The van der Waals surface area contributed by atoms with Crippen molar-refractivity contribution in [3.63, 3.8) is 0 Å². The van der Waals surface area contributed by atoms with Crippen LogP contribution in [-0.4, -0.2) is 24.6 Å². The molecule has 0 aromatic rings. The second-order valence-electron chi connectivity index (χ2n) is 4.07. The van der Waals surface area contributed by atoms with Crippen molar-refractivity contribution in [2.24, 2.45) is 0 Å². The van der Waals surface area contributed by atoms with Gasteiger partial charge in [0.2, 0.25) is 0 Å². The van der Waals surface area contributed by atoms with Crippen LogP contribution in [0, 0.1) is 0 Å². The Hall–Kier alpha value is 0.430. The zero-order valence-electron chi connectivity index (χ0n) is 8.91. The van der Waals surface area contributed by atoms with Crippen LogP contribution in [0.25, 0.3) is 0 Å². The molecule has 0 aromatic carbocycles. The van der Waals surface area contributed by atoms with Crippen molar-refractivity contribution in [1.82, 2.24) is 0 Å². The van der Waals surface area contributed by atoms with E-state index in [-0.39, 0.29) is 0 Å². The molecule has 0 aliphatic rings. The summed E-state index contributed by atoms with van der Waals surface area (Å²) < 4.78 is 0. The van der Waals surface area contributed by atoms with Crippen LogP contribution in [0.3, 0.4) is 0 Å². The van der Waals surface area contributed by atoms with Gasteiger partial charge in [0, 0.05) is 0 Å². The summed E-state index contributed by atoms with van der Waals surface area (Å²) in [4.78, 5) is 0. The summed E-state index contributed by atoms with van der Waals surface area (Å²) >= 11 is 0. The van der Waals surface area contributed by atoms with E-state index in [1.54, 1.807) is 0 Å². The van der Waals surface area contributed by atoms with E-state index in [1.807, 2.05) is 0 Å². The van der Waals surface area contributed by atoms with Gasteiger partial charge in [-0.05, 0) is 0 Å². The van der Waals surface area contributed by atoms with Crippen molar-refractivity contribution in [1.29, 1.82) is 0 Å². The first-order chi connectivity index (χ1) is 5.10. The number of rotatable bonds is 5. The van der Waals surface area contributed by atoms with Crippen LogP contribution in [0.1, 0.15) is 40.5 Å². The number of hydrogen-bond donors (Lipinski definition) is 0. The first-order valence-electron chi connectivity index (χ1n) is 5.10. The maximum atomic E-state index is 2.57. The first-order valence-corrected chi connectivity index (χ1v) is 8.09. The third-order valence-electron chi connectivity index (χ3n) is 3.43. The zero-order valence-corrected chi connectivity index (χ0v) is 9.91. The predicted octanol–water partition coefficient (Wildman–Crippen LogP) is 3.59. The molecule has 0 radical (unpaired) electrons. The summed E-state index contributed by atoms with van der Waals surface area (Å²) in [5, 5.41) is 0. The van der Waals surface area contributed by atoms with Gasteiger partial charge in [0.25, 0.3) is 0 Å². The third-order valence-corrected chi connectivity index (χ3v) is 9.48. The van der Waals surface area contributed by atoms with Crippen molar-refractivity contribution >= 4 is 7.26 Å². The molecule has 0 N–H and O–H groups in total. The normalized spacial score (nSPS) is 16.5. The van der Waals surface area contributed by atoms with E-state index in [9.17, 15) is 0 Å². The van der Waals surface area contributed by atoms with E-state index in [4.69, 9.17) is 0 Å². The molecule has 0 saturated carbocycles. The Kier molecular flexibility index (Phi) is 5.34. The Morgan fingerprint density at radius 2 is 1.73 bits per heavy atom. The van der Waals surface area contributed by atoms with Crippen molar-refractivity contribution < 1.29 is 0 Å². The van der Waals surface area contributed by atoms with Crippen LogP contribution in [0.2, 0.25) is 0 Å². The molecule has 0 saturated heterocycles. The first kappa shape index (κ1) is 11.4. The second-order valence-corrected chi connectivity index (χ2v) is 9.57. The van der Waals surface area contributed by atoms with Gasteiger partial charge in [-0.2, -0.15) is 0 Å². The van der Waals surface area contributed by atoms with Crippen molar-refractivity contribution in [2.45, 2.75) is 46.2 Å². The molecular weight excluding hydrogens is 151 g/mol. The summed E-state index contributed by atoms with van der Waals surface area (Å²) in [7, 11) is -0.827. The van der Waals surface area contributed by atoms with E-state index < -0.39 is 7.26 Å². The minimum absolute atomic E-state index is 0.827. The molecule has 0 aliphatic carbocycles. The zero-order chi connectivity index (χ0) is 8.91. The van der Waals surface area contributed by atoms with Gasteiger partial charge in [0.15, 0.2) is 0 Å². The van der Waals surface area contributed by atoms with Gasteiger partial charge in [0.05, 0.1) is 0 Å². The van der Waals surface area contributed by atoms with E-state index in [0.717, 1.165) is 5.66 Å². The monoisotopic (exact) mass is 176 g/mol. The van der Waals surface area contributed by atoms with Gasteiger partial charge in [-0.1, -0.05) is 0 Å². The molecule has 0 bridgehead atoms. The van der Waals surface area contributed by atoms with E-state index >= 15 is 0 Å². The molecule has 0 unspecified atom stereocenters. The topological polar surface area (TPSA) is 0 Å². The summed E-state index contributed by atoms with van der Waals surface area (Å²) in [6.07, 6.45) is 5.77. The quantitative estimate of drug-likeness (QED) is 0.561. The van der Waals surface area contributed by atoms with Crippen molar-refractivity contribution in [2.75, 3.05) is 19.0 Å². The van der Waals surface area contributed by atoms with Crippen molar-refractivity contribution in [3.05, 3.63) is 0 Å². The molecule has 11 heavy (non-hydrogen) atoms. The van der Waals surface area contributed by atoms with Crippen LogP contribution >= 0.6 is 7.26 Å². The molecule has 1 atom stereocenters. The van der Waals surface area contributed by atoms with Crippen LogP contribution in [-0.2, 0) is 0 Å². The molecule has 1 heteroatoms. The predicted molar refractivity (Wildman–Crippen MR) is 59.7 cm³/mol. The van der Waals surface area contributed by atoms with Gasteiger partial charge in [-0.25, -0.2) is 0 Å². The van der Waals surface area contributed by atoms with E-state index in [2.05, 4.69) is 34.4 Å². The van der Waals surface area contributed by atoms with Crippen molar-refractivity contribution in [3.8, 4) is 0 Å². The van der Waals surface area contributed by atoms with Crippen LogP contribution in [0.5, 0.6) is 0 Å². The van der Waals surface area contributed by atoms with Gasteiger partial charge < -0.3 is 0 Å². The van der Waals surface area contributed by atoms with E-state index in [0.29, 0.717) is 0 Å². The van der Waals surface area contributed by atoms with E-state index in [1.165, 1.54) is 25.2 Å². The Labute approximate surface area is 73.1 Å². The average molecular weight is 176 g/mol. The summed E-state index contributed by atoms with van der Waals surface area (Å²) in [6, 6.07) is 0. The third kappa shape index (κ3) is 3.11. The molecule has 0 fully saturated rings. The van der Waals surface area contributed by atoms with Gasteiger partial charge in [0.1, 0.15) is 0 Å². The fourth-order valence-corrected chi connectivity index (χ4v) is 5.51. The summed E-state index contributed by atoms with van der Waals surface area (Å²) in [5.41, 5.74) is 1.02. The molecule has 70 valence electrons. The summed E-state index contributed by atoms with van der Waals surface area (Å²) in [5.74, 6) is 0. The fourth-order valence-electron chi connectivity index (χ4n) is 1.84. The Bertz CT molecular complexity index is 101. The molecular formula is C10H25P. The second kappa shape index (κ2) is 5.14. The molecule has 0 nitrogen and oxygen atoms in total.